The van der Waals surface area contributed by atoms with Crippen LogP contribution in [0.25, 0.3) is 16.6 Å². The number of ether oxygens (including phenoxy) is 1. The molecule has 20 heavy (non-hydrogen) atoms. The number of aromatic carboxylic acids is 1. The van der Waals surface area contributed by atoms with Gasteiger partial charge in [-0.15, -0.1) is 0 Å². The molecule has 2 aromatic heterocycles. The van der Waals surface area contributed by atoms with E-state index >= 15 is 0 Å². The SMILES string of the molecule is COc1ccccc1-c1cc2cc(C(=O)O)ncn2c1. The molecule has 0 atom stereocenters. The molecule has 2 heterocycles. The Morgan fingerprint density at radius 2 is 2.10 bits per heavy atom. The highest BCUT2D eigenvalue weighted by molar-refractivity contribution is 5.87. The predicted molar refractivity (Wildman–Crippen MR) is 74.1 cm³/mol. The molecule has 0 bridgehead atoms. The molecule has 3 aromatic rings. The summed E-state index contributed by atoms with van der Waals surface area (Å²) in [6, 6.07) is 11.1. The number of hydrogen-bond donors (Lipinski definition) is 1. The Bertz CT molecular complexity index is 793. The summed E-state index contributed by atoms with van der Waals surface area (Å²) in [6.07, 6.45) is 3.39. The van der Waals surface area contributed by atoms with Crippen LogP contribution in [0.3, 0.4) is 0 Å². The van der Waals surface area contributed by atoms with E-state index in [4.69, 9.17) is 9.84 Å². The fourth-order valence-electron chi connectivity index (χ4n) is 2.16. The minimum atomic E-state index is -1.03. The third kappa shape index (κ3) is 1.99. The number of hydrogen-bond acceptors (Lipinski definition) is 3. The van der Waals surface area contributed by atoms with Crippen LogP contribution in [0.4, 0.5) is 0 Å². The van der Waals surface area contributed by atoms with Gasteiger partial charge in [0, 0.05) is 22.8 Å². The first-order valence-electron chi connectivity index (χ1n) is 6.03. The first kappa shape index (κ1) is 12.2. The molecule has 0 aliphatic rings. The molecule has 1 aromatic carbocycles. The second kappa shape index (κ2) is 4.70. The van der Waals surface area contributed by atoms with Gasteiger partial charge in [-0.2, -0.15) is 0 Å². The lowest BCUT2D eigenvalue weighted by atomic mass is 10.1. The molecule has 1 N–H and O–H groups in total. The quantitative estimate of drug-likeness (QED) is 0.793. The van der Waals surface area contributed by atoms with Crippen molar-refractivity contribution < 1.29 is 14.6 Å². The predicted octanol–water partition coefficient (Wildman–Crippen LogP) is 2.71. The number of carboxylic acid groups (broad SMARTS) is 1. The lowest BCUT2D eigenvalue weighted by Crippen LogP contribution is -2.00. The van der Waals surface area contributed by atoms with Crippen LogP contribution in [-0.4, -0.2) is 27.6 Å². The Kier molecular flexibility index (Phi) is 2.87. The average molecular weight is 268 g/mol. The number of carboxylic acids is 1. The van der Waals surface area contributed by atoms with Gasteiger partial charge in [0.2, 0.25) is 0 Å². The minimum absolute atomic E-state index is 0.0298. The molecule has 0 saturated carbocycles. The Labute approximate surface area is 115 Å². The summed E-state index contributed by atoms with van der Waals surface area (Å²) >= 11 is 0. The van der Waals surface area contributed by atoms with Crippen molar-refractivity contribution in [3.05, 3.63) is 54.6 Å². The molecule has 0 unspecified atom stereocenters. The molecule has 0 aliphatic heterocycles. The van der Waals surface area contributed by atoms with Crippen LogP contribution in [-0.2, 0) is 0 Å². The van der Waals surface area contributed by atoms with E-state index in [2.05, 4.69) is 4.98 Å². The zero-order valence-corrected chi connectivity index (χ0v) is 10.8. The molecule has 3 rings (SSSR count). The van der Waals surface area contributed by atoms with E-state index in [0.717, 1.165) is 22.4 Å². The maximum absolute atomic E-state index is 10.9. The molecule has 0 aliphatic carbocycles. The summed E-state index contributed by atoms with van der Waals surface area (Å²) < 4.78 is 7.12. The van der Waals surface area contributed by atoms with E-state index in [1.54, 1.807) is 17.6 Å². The van der Waals surface area contributed by atoms with Crippen molar-refractivity contribution in [2.75, 3.05) is 7.11 Å². The number of fused-ring (bicyclic) bond motifs is 1. The maximum atomic E-state index is 10.9. The van der Waals surface area contributed by atoms with Gasteiger partial charge in [0.15, 0.2) is 5.69 Å². The number of methoxy groups -OCH3 is 1. The Morgan fingerprint density at radius 3 is 2.85 bits per heavy atom. The average Bonchev–Trinajstić information content (AvgIpc) is 2.89. The van der Waals surface area contributed by atoms with Crippen LogP contribution in [0.15, 0.2) is 48.9 Å². The van der Waals surface area contributed by atoms with Crippen molar-refractivity contribution in [3.8, 4) is 16.9 Å². The van der Waals surface area contributed by atoms with Crippen LogP contribution in [0.1, 0.15) is 10.5 Å². The highest BCUT2D eigenvalue weighted by atomic mass is 16.5. The molecular weight excluding hydrogens is 256 g/mol. The second-order valence-electron chi connectivity index (χ2n) is 4.34. The highest BCUT2D eigenvalue weighted by Gasteiger charge is 2.10. The monoisotopic (exact) mass is 268 g/mol. The van der Waals surface area contributed by atoms with Crippen molar-refractivity contribution in [3.63, 3.8) is 0 Å². The fourth-order valence-corrected chi connectivity index (χ4v) is 2.16. The van der Waals surface area contributed by atoms with Crippen LogP contribution in [0.2, 0.25) is 0 Å². The van der Waals surface area contributed by atoms with Gasteiger partial charge in [-0.25, -0.2) is 9.78 Å². The number of carbonyl (C=O) groups is 1. The summed E-state index contributed by atoms with van der Waals surface area (Å²) in [5, 5.41) is 8.96. The van der Waals surface area contributed by atoms with Gasteiger partial charge in [0.25, 0.3) is 0 Å². The largest absolute Gasteiger partial charge is 0.496 e. The highest BCUT2D eigenvalue weighted by Crippen LogP contribution is 2.31. The second-order valence-corrected chi connectivity index (χ2v) is 4.34. The summed E-state index contributed by atoms with van der Waals surface area (Å²) in [5.74, 6) is -0.262. The Morgan fingerprint density at radius 1 is 1.30 bits per heavy atom. The van der Waals surface area contributed by atoms with Gasteiger partial charge < -0.3 is 14.2 Å². The van der Waals surface area contributed by atoms with Gasteiger partial charge in [-0.1, -0.05) is 18.2 Å². The molecule has 0 radical (unpaired) electrons. The molecule has 100 valence electrons. The van der Waals surface area contributed by atoms with Crippen LogP contribution in [0.5, 0.6) is 5.75 Å². The van der Waals surface area contributed by atoms with Gasteiger partial charge in [0.05, 0.1) is 7.11 Å². The summed E-state index contributed by atoms with van der Waals surface area (Å²) in [7, 11) is 1.62. The van der Waals surface area contributed by atoms with Crippen LogP contribution < -0.4 is 4.74 Å². The van der Waals surface area contributed by atoms with Gasteiger partial charge in [-0.05, 0) is 18.2 Å². The van der Waals surface area contributed by atoms with Gasteiger partial charge >= 0.3 is 5.97 Å². The number of benzene rings is 1. The number of para-hydroxylation sites is 1. The van der Waals surface area contributed by atoms with E-state index in [1.165, 1.54) is 6.33 Å². The lowest BCUT2D eigenvalue weighted by molar-refractivity contribution is 0.0690. The number of nitrogens with zero attached hydrogens (tertiary/aromatic N) is 2. The van der Waals surface area contributed by atoms with E-state index in [0.29, 0.717) is 0 Å². The Balaban J connectivity index is 2.15. The standard InChI is InChI=1S/C15H12N2O3/c1-20-14-5-3-2-4-12(14)10-6-11-7-13(15(18)19)16-9-17(11)8-10/h2-9H,1H3,(H,18,19). The zero-order valence-electron chi connectivity index (χ0n) is 10.8. The summed E-state index contributed by atoms with van der Waals surface area (Å²) in [4.78, 5) is 14.8. The van der Waals surface area contributed by atoms with Crippen molar-refractivity contribution >= 4 is 11.5 Å². The molecule has 5 nitrogen and oxygen atoms in total. The third-order valence-corrected chi connectivity index (χ3v) is 3.12. The van der Waals surface area contributed by atoms with E-state index < -0.39 is 5.97 Å². The molecule has 0 saturated heterocycles. The van der Waals surface area contributed by atoms with Gasteiger partial charge in [0.1, 0.15) is 12.1 Å². The van der Waals surface area contributed by atoms with Crippen LogP contribution >= 0.6 is 0 Å². The molecule has 5 heteroatoms. The maximum Gasteiger partial charge on any atom is 0.354 e. The third-order valence-electron chi connectivity index (χ3n) is 3.12. The first-order chi connectivity index (χ1) is 9.69. The topological polar surface area (TPSA) is 63.8 Å². The number of aromatic nitrogens is 2. The van der Waals surface area contributed by atoms with Crippen molar-refractivity contribution in [2.24, 2.45) is 0 Å². The van der Waals surface area contributed by atoms with Crippen molar-refractivity contribution in [2.45, 2.75) is 0 Å². The van der Waals surface area contributed by atoms with E-state index in [1.807, 2.05) is 36.5 Å². The van der Waals surface area contributed by atoms with E-state index in [-0.39, 0.29) is 5.69 Å². The van der Waals surface area contributed by atoms with E-state index in [9.17, 15) is 4.79 Å². The minimum Gasteiger partial charge on any atom is -0.496 e. The van der Waals surface area contributed by atoms with Gasteiger partial charge in [-0.3, -0.25) is 0 Å². The smallest absolute Gasteiger partial charge is 0.354 e. The fraction of sp³-hybridized carbons (Fsp3) is 0.0667. The lowest BCUT2D eigenvalue weighted by Gasteiger charge is -2.05. The zero-order chi connectivity index (χ0) is 14.1. The Hall–Kier alpha value is -2.82. The normalized spacial score (nSPS) is 10.7. The molecule has 0 fully saturated rings. The van der Waals surface area contributed by atoms with Crippen molar-refractivity contribution in [1.29, 1.82) is 0 Å². The molecule has 0 spiro atoms. The summed E-state index contributed by atoms with van der Waals surface area (Å²) in [5.41, 5.74) is 2.71. The summed E-state index contributed by atoms with van der Waals surface area (Å²) in [6.45, 7) is 0. The molecular formula is C15H12N2O3. The molecule has 0 amide bonds. The van der Waals surface area contributed by atoms with Crippen LogP contribution in [0, 0.1) is 0 Å². The first-order valence-corrected chi connectivity index (χ1v) is 6.03. The number of rotatable bonds is 3. The van der Waals surface area contributed by atoms with Crippen molar-refractivity contribution in [1.82, 2.24) is 9.38 Å².